The van der Waals surface area contributed by atoms with E-state index in [0.29, 0.717) is 30.1 Å². The van der Waals surface area contributed by atoms with Crippen molar-refractivity contribution in [2.24, 2.45) is 5.92 Å². The Morgan fingerprint density at radius 3 is 2.77 bits per heavy atom. The summed E-state index contributed by atoms with van der Waals surface area (Å²) < 4.78 is 0. The third-order valence-electron chi connectivity index (χ3n) is 5.04. The van der Waals surface area contributed by atoms with Crippen LogP contribution in [0.3, 0.4) is 0 Å². The third-order valence-corrected chi connectivity index (χ3v) is 5.82. The van der Waals surface area contributed by atoms with Gasteiger partial charge in [0.05, 0.1) is 11.6 Å². The molecule has 0 bridgehead atoms. The van der Waals surface area contributed by atoms with Gasteiger partial charge in [0.2, 0.25) is 11.8 Å². The number of hydrogen-bond donors (Lipinski definition) is 1. The van der Waals surface area contributed by atoms with Crippen molar-refractivity contribution in [2.45, 2.75) is 56.9 Å². The first-order valence-corrected chi connectivity index (χ1v) is 9.14. The monoisotopic (exact) mass is 319 g/mol. The molecule has 6 heteroatoms. The highest BCUT2D eigenvalue weighted by Gasteiger charge is 2.38. The van der Waals surface area contributed by atoms with Gasteiger partial charge in [-0.15, -0.1) is 11.3 Å². The first-order valence-electron chi connectivity index (χ1n) is 8.26. The first kappa shape index (κ1) is 14.2. The number of carbonyl (C=O) groups excluding carboxylic acids is 2. The zero-order valence-electron chi connectivity index (χ0n) is 12.6. The SMILES string of the molecule is O=C(Nc1nc(C2CC2)cs1)[C@H]1CC(=O)N(C2CCCC2)C1. The van der Waals surface area contributed by atoms with Crippen LogP contribution in [0.4, 0.5) is 5.13 Å². The molecule has 2 amide bonds. The molecule has 2 saturated carbocycles. The second-order valence-electron chi connectivity index (χ2n) is 6.73. The Hall–Kier alpha value is -1.43. The maximum atomic E-state index is 12.4. The summed E-state index contributed by atoms with van der Waals surface area (Å²) in [5.41, 5.74) is 1.11. The van der Waals surface area contributed by atoms with E-state index < -0.39 is 0 Å². The zero-order valence-corrected chi connectivity index (χ0v) is 13.4. The van der Waals surface area contributed by atoms with E-state index in [9.17, 15) is 9.59 Å². The molecule has 1 N–H and O–H groups in total. The lowest BCUT2D eigenvalue weighted by Crippen LogP contribution is -2.35. The Balaban J connectivity index is 1.36. The van der Waals surface area contributed by atoms with Gasteiger partial charge in [0.25, 0.3) is 0 Å². The lowest BCUT2D eigenvalue weighted by Gasteiger charge is -2.23. The van der Waals surface area contributed by atoms with Gasteiger partial charge in [-0.25, -0.2) is 4.98 Å². The molecule has 3 aliphatic rings. The minimum Gasteiger partial charge on any atom is -0.339 e. The van der Waals surface area contributed by atoms with E-state index in [4.69, 9.17) is 0 Å². The number of rotatable bonds is 4. The van der Waals surface area contributed by atoms with Gasteiger partial charge in [0.1, 0.15) is 0 Å². The molecule has 2 heterocycles. The fourth-order valence-corrected chi connectivity index (χ4v) is 4.39. The lowest BCUT2D eigenvalue weighted by molar-refractivity contribution is -0.129. The molecule has 22 heavy (non-hydrogen) atoms. The second kappa shape index (κ2) is 5.65. The predicted octanol–water partition coefficient (Wildman–Crippen LogP) is 2.75. The van der Waals surface area contributed by atoms with Crippen LogP contribution >= 0.6 is 11.3 Å². The normalized spacial score (nSPS) is 25.9. The summed E-state index contributed by atoms with van der Waals surface area (Å²) in [5.74, 6) is 0.476. The number of carbonyl (C=O) groups is 2. The van der Waals surface area contributed by atoms with Crippen molar-refractivity contribution in [2.75, 3.05) is 11.9 Å². The minimum absolute atomic E-state index is 0.0504. The molecular formula is C16H21N3O2S. The molecular weight excluding hydrogens is 298 g/mol. The number of hydrogen-bond acceptors (Lipinski definition) is 4. The summed E-state index contributed by atoms with van der Waals surface area (Å²) in [6.45, 7) is 0.580. The van der Waals surface area contributed by atoms with Gasteiger partial charge in [-0.05, 0) is 25.7 Å². The molecule has 1 aliphatic heterocycles. The van der Waals surface area contributed by atoms with Gasteiger partial charge < -0.3 is 10.2 Å². The first-order chi connectivity index (χ1) is 10.7. The topological polar surface area (TPSA) is 62.3 Å². The van der Waals surface area contributed by atoms with Crippen LogP contribution < -0.4 is 5.32 Å². The van der Waals surface area contributed by atoms with Crippen molar-refractivity contribution in [3.8, 4) is 0 Å². The molecule has 0 unspecified atom stereocenters. The predicted molar refractivity (Wildman–Crippen MR) is 84.8 cm³/mol. The molecule has 4 rings (SSSR count). The van der Waals surface area contributed by atoms with E-state index >= 15 is 0 Å². The standard InChI is InChI=1S/C16H21N3O2S/c20-14-7-11(8-19(14)12-3-1-2-4-12)15(21)18-16-17-13(9-22-16)10-5-6-10/h9-12H,1-8H2,(H,17,18,21)/t11-/m0/s1. The largest absolute Gasteiger partial charge is 0.339 e. The Bertz CT molecular complexity index is 590. The zero-order chi connectivity index (χ0) is 15.1. The summed E-state index contributed by atoms with van der Waals surface area (Å²) in [7, 11) is 0. The highest BCUT2D eigenvalue weighted by molar-refractivity contribution is 7.13. The van der Waals surface area contributed by atoms with E-state index in [1.54, 1.807) is 0 Å². The molecule has 5 nitrogen and oxygen atoms in total. The van der Waals surface area contributed by atoms with E-state index in [0.717, 1.165) is 18.5 Å². The summed E-state index contributed by atoms with van der Waals surface area (Å²) in [5, 5.41) is 5.63. The van der Waals surface area contributed by atoms with Crippen molar-refractivity contribution in [1.29, 1.82) is 0 Å². The van der Waals surface area contributed by atoms with Crippen LogP contribution in [0.1, 0.15) is 56.6 Å². The molecule has 0 spiro atoms. The van der Waals surface area contributed by atoms with Crippen molar-refractivity contribution in [1.82, 2.24) is 9.88 Å². The molecule has 1 saturated heterocycles. The van der Waals surface area contributed by atoms with Crippen LogP contribution in [0, 0.1) is 5.92 Å². The number of aromatic nitrogens is 1. The highest BCUT2D eigenvalue weighted by Crippen LogP contribution is 2.41. The second-order valence-corrected chi connectivity index (χ2v) is 7.58. The Morgan fingerprint density at radius 2 is 2.05 bits per heavy atom. The Labute approximate surface area is 134 Å². The molecule has 1 aromatic rings. The quantitative estimate of drug-likeness (QED) is 0.928. The van der Waals surface area contributed by atoms with Gasteiger partial charge in [0, 0.05) is 30.3 Å². The van der Waals surface area contributed by atoms with Gasteiger partial charge in [0.15, 0.2) is 5.13 Å². The van der Waals surface area contributed by atoms with Gasteiger partial charge in [-0.3, -0.25) is 9.59 Å². The summed E-state index contributed by atoms with van der Waals surface area (Å²) in [6, 6.07) is 0.367. The Kier molecular flexibility index (Phi) is 3.64. The number of likely N-dealkylation sites (tertiary alicyclic amines) is 1. The van der Waals surface area contributed by atoms with Crippen molar-refractivity contribution < 1.29 is 9.59 Å². The van der Waals surface area contributed by atoms with Gasteiger partial charge >= 0.3 is 0 Å². The van der Waals surface area contributed by atoms with Gasteiger partial charge in [-0.1, -0.05) is 12.8 Å². The third kappa shape index (κ3) is 2.76. The maximum absolute atomic E-state index is 12.4. The summed E-state index contributed by atoms with van der Waals surface area (Å²) in [6.07, 6.45) is 7.37. The average Bonchev–Trinajstić information content (AvgIpc) is 2.93. The van der Waals surface area contributed by atoms with Crippen molar-refractivity contribution >= 4 is 28.3 Å². The Morgan fingerprint density at radius 1 is 1.27 bits per heavy atom. The number of nitrogens with zero attached hydrogens (tertiary/aromatic N) is 2. The highest BCUT2D eigenvalue weighted by atomic mass is 32.1. The van der Waals surface area contributed by atoms with Crippen molar-refractivity contribution in [3.63, 3.8) is 0 Å². The minimum atomic E-state index is -0.221. The van der Waals surface area contributed by atoms with Crippen molar-refractivity contribution in [3.05, 3.63) is 11.1 Å². The van der Waals surface area contributed by atoms with Crippen LogP contribution in [0.5, 0.6) is 0 Å². The number of thiazole rings is 1. The van der Waals surface area contributed by atoms with E-state index in [2.05, 4.69) is 10.3 Å². The summed E-state index contributed by atoms with van der Waals surface area (Å²) >= 11 is 1.49. The van der Waals surface area contributed by atoms with Crippen LogP contribution in [-0.4, -0.2) is 34.3 Å². The number of amides is 2. The van der Waals surface area contributed by atoms with Gasteiger partial charge in [-0.2, -0.15) is 0 Å². The molecule has 0 aromatic carbocycles. The number of anilines is 1. The number of nitrogens with one attached hydrogen (secondary N) is 1. The van der Waals surface area contributed by atoms with E-state index in [1.807, 2.05) is 10.3 Å². The fraction of sp³-hybridized carbons (Fsp3) is 0.688. The molecule has 0 radical (unpaired) electrons. The average molecular weight is 319 g/mol. The molecule has 118 valence electrons. The molecule has 2 aliphatic carbocycles. The van der Waals surface area contributed by atoms with E-state index in [-0.39, 0.29) is 17.7 Å². The summed E-state index contributed by atoms with van der Waals surface area (Å²) in [4.78, 5) is 31.0. The van der Waals surface area contributed by atoms with Crippen LogP contribution in [0.15, 0.2) is 5.38 Å². The fourth-order valence-electron chi connectivity index (χ4n) is 3.59. The molecule has 3 fully saturated rings. The van der Waals surface area contributed by atoms with Crippen LogP contribution in [-0.2, 0) is 9.59 Å². The lowest BCUT2D eigenvalue weighted by atomic mass is 10.1. The molecule has 1 atom stereocenters. The smallest absolute Gasteiger partial charge is 0.231 e. The van der Waals surface area contributed by atoms with Crippen LogP contribution in [0.2, 0.25) is 0 Å². The maximum Gasteiger partial charge on any atom is 0.231 e. The van der Waals surface area contributed by atoms with Crippen LogP contribution in [0.25, 0.3) is 0 Å². The van der Waals surface area contributed by atoms with E-state index in [1.165, 1.54) is 37.0 Å². The molecule has 1 aromatic heterocycles.